The second-order valence-electron chi connectivity index (χ2n) is 5.17. The SMILES string of the molecule is O=C(c1ccc(Br)c(Cl)c1)N1CC(O)(C2CC2)C1. The monoisotopic (exact) mass is 329 g/mol. The van der Waals surface area contributed by atoms with E-state index in [1.54, 1.807) is 23.1 Å². The molecule has 3 rings (SSSR count). The van der Waals surface area contributed by atoms with Gasteiger partial charge in [0.25, 0.3) is 5.91 Å². The minimum Gasteiger partial charge on any atom is -0.386 e. The number of β-amino-alcohol motifs (C(OH)–C–C–N with tert-alkyl or cyclic N) is 1. The molecule has 0 bridgehead atoms. The highest BCUT2D eigenvalue weighted by atomic mass is 79.9. The highest BCUT2D eigenvalue weighted by Gasteiger charge is 2.53. The van der Waals surface area contributed by atoms with Crippen molar-refractivity contribution in [2.45, 2.75) is 18.4 Å². The average Bonchev–Trinajstić information content (AvgIpc) is 3.12. The lowest BCUT2D eigenvalue weighted by Crippen LogP contribution is -2.64. The quantitative estimate of drug-likeness (QED) is 0.906. The summed E-state index contributed by atoms with van der Waals surface area (Å²) < 4.78 is 0.777. The van der Waals surface area contributed by atoms with Crippen LogP contribution in [-0.4, -0.2) is 34.6 Å². The number of carbonyl (C=O) groups excluding carboxylic acids is 1. The number of amides is 1. The highest BCUT2D eigenvalue weighted by molar-refractivity contribution is 9.10. The minimum absolute atomic E-state index is 0.0604. The van der Waals surface area contributed by atoms with Crippen LogP contribution in [0.1, 0.15) is 23.2 Å². The summed E-state index contributed by atoms with van der Waals surface area (Å²) in [4.78, 5) is 13.8. The van der Waals surface area contributed by atoms with Gasteiger partial charge in [0.05, 0.1) is 18.1 Å². The highest BCUT2D eigenvalue weighted by Crippen LogP contribution is 2.44. The van der Waals surface area contributed by atoms with Crippen molar-refractivity contribution in [2.24, 2.45) is 5.92 Å². The zero-order valence-corrected chi connectivity index (χ0v) is 12.0. The van der Waals surface area contributed by atoms with E-state index in [0.29, 0.717) is 29.6 Å². The fourth-order valence-electron chi connectivity index (χ4n) is 2.45. The van der Waals surface area contributed by atoms with Gasteiger partial charge in [-0.15, -0.1) is 0 Å². The topological polar surface area (TPSA) is 40.5 Å². The fourth-order valence-corrected chi connectivity index (χ4v) is 2.88. The molecule has 96 valence electrons. The van der Waals surface area contributed by atoms with Gasteiger partial charge in [0.15, 0.2) is 0 Å². The number of hydrogen-bond donors (Lipinski definition) is 1. The predicted octanol–water partition coefficient (Wildman–Crippen LogP) is 2.70. The van der Waals surface area contributed by atoms with Crippen LogP contribution in [0.25, 0.3) is 0 Å². The Kier molecular flexibility index (Phi) is 2.92. The zero-order valence-electron chi connectivity index (χ0n) is 9.70. The van der Waals surface area contributed by atoms with E-state index >= 15 is 0 Å². The summed E-state index contributed by atoms with van der Waals surface area (Å²) in [7, 11) is 0. The Morgan fingerprint density at radius 2 is 2.11 bits per heavy atom. The lowest BCUT2D eigenvalue weighted by atomic mass is 9.88. The molecule has 1 aliphatic heterocycles. The molecule has 5 heteroatoms. The van der Waals surface area contributed by atoms with Crippen molar-refractivity contribution in [1.82, 2.24) is 4.90 Å². The van der Waals surface area contributed by atoms with Crippen LogP contribution in [0, 0.1) is 5.92 Å². The smallest absolute Gasteiger partial charge is 0.254 e. The van der Waals surface area contributed by atoms with Crippen molar-refractivity contribution >= 4 is 33.4 Å². The first-order valence-corrected chi connectivity index (χ1v) is 7.13. The van der Waals surface area contributed by atoms with Crippen LogP contribution in [0.2, 0.25) is 5.02 Å². The number of likely N-dealkylation sites (tertiary alicyclic amines) is 1. The van der Waals surface area contributed by atoms with Gasteiger partial charge in [0.1, 0.15) is 5.60 Å². The van der Waals surface area contributed by atoms with Gasteiger partial charge in [-0.05, 0) is 52.9 Å². The molecule has 2 fully saturated rings. The van der Waals surface area contributed by atoms with Gasteiger partial charge in [-0.25, -0.2) is 0 Å². The summed E-state index contributed by atoms with van der Waals surface area (Å²) in [6.07, 6.45) is 2.17. The Bertz CT molecular complexity index is 510. The predicted molar refractivity (Wildman–Crippen MR) is 72.7 cm³/mol. The molecular formula is C13H13BrClNO2. The number of carbonyl (C=O) groups is 1. The number of nitrogens with zero attached hydrogens (tertiary/aromatic N) is 1. The van der Waals surface area contributed by atoms with E-state index in [1.165, 1.54) is 0 Å². The third kappa shape index (κ3) is 2.06. The average molecular weight is 331 g/mol. The second-order valence-corrected chi connectivity index (χ2v) is 6.43. The molecule has 18 heavy (non-hydrogen) atoms. The molecule has 2 aliphatic rings. The van der Waals surface area contributed by atoms with Crippen LogP contribution in [0.4, 0.5) is 0 Å². The maximum Gasteiger partial charge on any atom is 0.254 e. The molecule has 0 unspecified atom stereocenters. The molecule has 1 aromatic carbocycles. The number of rotatable bonds is 2. The summed E-state index contributed by atoms with van der Waals surface area (Å²) in [6, 6.07) is 5.16. The molecule has 1 saturated heterocycles. The Morgan fingerprint density at radius 1 is 1.44 bits per heavy atom. The number of aliphatic hydroxyl groups is 1. The molecule has 0 spiro atoms. The Morgan fingerprint density at radius 3 is 2.67 bits per heavy atom. The van der Waals surface area contributed by atoms with Gasteiger partial charge >= 0.3 is 0 Å². The Balaban J connectivity index is 1.70. The van der Waals surface area contributed by atoms with Crippen LogP contribution in [0.15, 0.2) is 22.7 Å². The molecule has 1 N–H and O–H groups in total. The summed E-state index contributed by atoms with van der Waals surface area (Å²) in [6.45, 7) is 0.897. The van der Waals surface area contributed by atoms with Crippen molar-refractivity contribution in [1.29, 1.82) is 0 Å². The van der Waals surface area contributed by atoms with E-state index in [0.717, 1.165) is 17.3 Å². The van der Waals surface area contributed by atoms with Crippen LogP contribution >= 0.6 is 27.5 Å². The first-order chi connectivity index (χ1) is 8.49. The van der Waals surface area contributed by atoms with Crippen molar-refractivity contribution in [3.8, 4) is 0 Å². The molecule has 1 heterocycles. The van der Waals surface area contributed by atoms with Crippen molar-refractivity contribution in [2.75, 3.05) is 13.1 Å². The lowest BCUT2D eigenvalue weighted by molar-refractivity contribution is -0.0958. The molecule has 3 nitrogen and oxygen atoms in total. The van der Waals surface area contributed by atoms with Crippen molar-refractivity contribution in [3.05, 3.63) is 33.3 Å². The normalized spacial score (nSPS) is 21.6. The van der Waals surface area contributed by atoms with Crippen LogP contribution in [0.5, 0.6) is 0 Å². The number of halogens is 2. The first-order valence-electron chi connectivity index (χ1n) is 5.96. The van der Waals surface area contributed by atoms with Crippen molar-refractivity contribution in [3.63, 3.8) is 0 Å². The van der Waals surface area contributed by atoms with E-state index in [-0.39, 0.29) is 5.91 Å². The van der Waals surface area contributed by atoms with E-state index in [4.69, 9.17) is 11.6 Å². The van der Waals surface area contributed by atoms with Gasteiger partial charge in [-0.1, -0.05) is 11.6 Å². The summed E-state index contributed by atoms with van der Waals surface area (Å²) in [5, 5.41) is 10.7. The van der Waals surface area contributed by atoms with Gasteiger partial charge in [-0.2, -0.15) is 0 Å². The van der Waals surface area contributed by atoms with Gasteiger partial charge in [0, 0.05) is 10.0 Å². The van der Waals surface area contributed by atoms with Crippen LogP contribution < -0.4 is 0 Å². The van der Waals surface area contributed by atoms with Crippen molar-refractivity contribution < 1.29 is 9.90 Å². The van der Waals surface area contributed by atoms with Gasteiger partial charge in [0.2, 0.25) is 0 Å². The van der Waals surface area contributed by atoms with E-state index < -0.39 is 5.60 Å². The third-order valence-corrected chi connectivity index (χ3v) is 4.95. The molecule has 1 aliphatic carbocycles. The molecular weight excluding hydrogens is 318 g/mol. The Hall–Kier alpha value is -0.580. The Labute approximate surface area is 119 Å². The van der Waals surface area contributed by atoms with Gasteiger partial charge < -0.3 is 10.0 Å². The van der Waals surface area contributed by atoms with Crippen LogP contribution in [-0.2, 0) is 0 Å². The summed E-state index contributed by atoms with van der Waals surface area (Å²) >= 11 is 9.27. The summed E-state index contributed by atoms with van der Waals surface area (Å²) in [5.41, 5.74) is -0.0597. The number of benzene rings is 1. The first kappa shape index (κ1) is 12.5. The molecule has 0 radical (unpaired) electrons. The van der Waals surface area contributed by atoms with E-state index in [9.17, 15) is 9.90 Å². The molecule has 1 saturated carbocycles. The van der Waals surface area contributed by atoms with E-state index in [1.807, 2.05) is 0 Å². The van der Waals surface area contributed by atoms with Crippen LogP contribution in [0.3, 0.4) is 0 Å². The second kappa shape index (κ2) is 4.22. The molecule has 0 aromatic heterocycles. The molecule has 0 atom stereocenters. The number of hydrogen-bond acceptors (Lipinski definition) is 2. The maximum atomic E-state index is 12.2. The zero-order chi connectivity index (χ0) is 12.9. The standard InChI is InChI=1S/C13H13BrClNO2/c14-10-4-1-8(5-11(10)15)12(17)16-6-13(18,7-16)9-2-3-9/h1,4-5,9,18H,2-3,6-7H2. The molecule has 1 amide bonds. The van der Waals surface area contributed by atoms with E-state index in [2.05, 4.69) is 15.9 Å². The fraction of sp³-hybridized carbons (Fsp3) is 0.462. The summed E-state index contributed by atoms with van der Waals surface area (Å²) in [5.74, 6) is 0.338. The molecule has 1 aromatic rings. The largest absolute Gasteiger partial charge is 0.386 e. The van der Waals surface area contributed by atoms with Gasteiger partial charge in [-0.3, -0.25) is 4.79 Å². The lowest BCUT2D eigenvalue weighted by Gasteiger charge is -2.47. The maximum absolute atomic E-state index is 12.2. The third-order valence-electron chi connectivity index (χ3n) is 3.72. The minimum atomic E-state index is -0.630.